The number of allylic oxidation sites excluding steroid dienone is 18. The van der Waals surface area contributed by atoms with Crippen molar-refractivity contribution in [3.8, 4) is 0 Å². The molecule has 0 aromatic rings. The van der Waals surface area contributed by atoms with E-state index >= 15 is 0 Å². The first kappa shape index (κ1) is 72.1. The molecule has 0 spiro atoms. The normalized spacial score (nSPS) is 14.1. The van der Waals surface area contributed by atoms with Crippen LogP contribution in [0.5, 0.6) is 0 Å². The van der Waals surface area contributed by atoms with Crippen LogP contribution in [0.3, 0.4) is 0 Å². The van der Waals surface area contributed by atoms with Crippen LogP contribution in [0.4, 0.5) is 0 Å². The third-order valence-corrected chi connectivity index (χ3v) is 13.1. The molecule has 3 atom stereocenters. The lowest BCUT2D eigenvalue weighted by atomic mass is 10.1. The topological polar surface area (TPSA) is 155 Å². The molecule has 11 nitrogen and oxygen atoms in total. The van der Waals surface area contributed by atoms with E-state index in [1.807, 2.05) is 0 Å². The summed E-state index contributed by atoms with van der Waals surface area (Å²) in [5, 5.41) is 9.82. The van der Waals surface area contributed by atoms with E-state index in [-0.39, 0.29) is 25.9 Å². The van der Waals surface area contributed by atoms with E-state index in [0.29, 0.717) is 19.3 Å². The Morgan fingerprint density at radius 1 is 0.382 bits per heavy atom. The zero-order valence-electron chi connectivity index (χ0n) is 47.9. The molecule has 0 amide bonds. The molecule has 0 aromatic carbocycles. The average molecular weight is 1080 g/mol. The van der Waals surface area contributed by atoms with Crippen molar-refractivity contribution in [2.45, 2.75) is 251 Å². The van der Waals surface area contributed by atoms with Crippen molar-refractivity contribution < 1.29 is 52.2 Å². The van der Waals surface area contributed by atoms with Crippen LogP contribution in [-0.4, -0.2) is 66.5 Å². The smallest absolute Gasteiger partial charge is 0.462 e. The van der Waals surface area contributed by atoms with Gasteiger partial charge in [-0.1, -0.05) is 207 Å². The fourth-order valence-corrected chi connectivity index (χ4v) is 8.47. The third-order valence-electron chi connectivity index (χ3n) is 12.2. The molecule has 0 radical (unpaired) electrons. The van der Waals surface area contributed by atoms with Crippen LogP contribution in [0.2, 0.25) is 0 Å². The van der Waals surface area contributed by atoms with E-state index in [0.717, 1.165) is 141 Å². The first-order valence-electron chi connectivity index (χ1n) is 29.8. The van der Waals surface area contributed by atoms with Crippen molar-refractivity contribution in [1.29, 1.82) is 0 Å². The van der Waals surface area contributed by atoms with Crippen molar-refractivity contribution in [1.82, 2.24) is 0 Å². The van der Waals surface area contributed by atoms with Crippen LogP contribution in [-0.2, 0) is 42.2 Å². The minimum Gasteiger partial charge on any atom is -0.462 e. The molecule has 76 heavy (non-hydrogen) atoms. The number of unbranched alkanes of at least 4 members (excludes halogenated alkanes) is 19. The van der Waals surface area contributed by atoms with Crippen molar-refractivity contribution in [3.05, 3.63) is 109 Å². The van der Waals surface area contributed by atoms with E-state index in [9.17, 15) is 28.9 Å². The number of rotatable bonds is 54. The molecule has 0 fully saturated rings. The van der Waals surface area contributed by atoms with Crippen LogP contribution >= 0.6 is 7.82 Å². The number of phosphoric acid groups is 1. The zero-order chi connectivity index (χ0) is 55.5. The van der Waals surface area contributed by atoms with E-state index in [2.05, 4.69) is 130 Å². The number of esters is 3. The van der Waals surface area contributed by atoms with Crippen molar-refractivity contribution in [3.63, 3.8) is 0 Å². The summed E-state index contributed by atoms with van der Waals surface area (Å²) in [6.07, 6.45) is 69.0. The van der Waals surface area contributed by atoms with Crippen LogP contribution in [0, 0.1) is 0 Å². The highest BCUT2D eigenvalue weighted by Crippen LogP contribution is 2.43. The van der Waals surface area contributed by atoms with E-state index in [1.165, 1.54) is 38.5 Å². The minimum absolute atomic E-state index is 0.106. The van der Waals surface area contributed by atoms with Crippen molar-refractivity contribution in [2.24, 2.45) is 0 Å². The summed E-state index contributed by atoms with van der Waals surface area (Å²) < 4.78 is 39.5. The maximum atomic E-state index is 12.9. The van der Waals surface area contributed by atoms with Gasteiger partial charge in [0.1, 0.15) is 12.7 Å². The van der Waals surface area contributed by atoms with Crippen LogP contribution < -0.4 is 0 Å². The van der Waals surface area contributed by atoms with Crippen LogP contribution in [0.25, 0.3) is 0 Å². The molecule has 0 aliphatic heterocycles. The molecule has 0 aliphatic rings. The van der Waals surface area contributed by atoms with Crippen LogP contribution in [0.1, 0.15) is 239 Å². The number of aliphatic hydroxyl groups excluding tert-OH is 1. The summed E-state index contributed by atoms with van der Waals surface area (Å²) in [5.74, 6) is -1.55. The number of ether oxygens (including phenoxy) is 3. The van der Waals surface area contributed by atoms with Crippen LogP contribution in [0.15, 0.2) is 109 Å². The first-order valence-corrected chi connectivity index (χ1v) is 31.3. The molecule has 0 heterocycles. The summed E-state index contributed by atoms with van der Waals surface area (Å²) in [7, 11) is -4.77. The van der Waals surface area contributed by atoms with Gasteiger partial charge in [0.25, 0.3) is 0 Å². The molecular weight excluding hydrogens is 976 g/mol. The highest BCUT2D eigenvalue weighted by Gasteiger charge is 2.28. The molecular formula is C64H107O11P. The van der Waals surface area contributed by atoms with Gasteiger partial charge in [-0.15, -0.1) is 0 Å². The first-order chi connectivity index (χ1) is 37.2. The molecule has 0 saturated heterocycles. The predicted molar refractivity (Wildman–Crippen MR) is 316 cm³/mol. The Hall–Kier alpha value is -3.86. The average Bonchev–Trinajstić information content (AvgIpc) is 3.41. The number of carbonyl (C=O) groups is 3. The Labute approximate surface area is 463 Å². The van der Waals surface area contributed by atoms with Gasteiger partial charge in [-0.25, -0.2) is 4.57 Å². The highest BCUT2D eigenvalue weighted by molar-refractivity contribution is 7.47. The number of hydrogen-bond acceptors (Lipinski definition) is 10. The predicted octanol–water partition coefficient (Wildman–Crippen LogP) is 17.8. The lowest BCUT2D eigenvalue weighted by molar-refractivity contribution is -0.161. The fourth-order valence-electron chi connectivity index (χ4n) is 7.69. The second kappa shape index (κ2) is 57.3. The second-order valence-electron chi connectivity index (χ2n) is 19.4. The summed E-state index contributed by atoms with van der Waals surface area (Å²) in [6, 6.07) is 0. The third kappa shape index (κ3) is 54.9. The van der Waals surface area contributed by atoms with Gasteiger partial charge in [0.15, 0.2) is 6.10 Å². The maximum absolute atomic E-state index is 12.9. The largest absolute Gasteiger partial charge is 0.472 e. The van der Waals surface area contributed by atoms with Gasteiger partial charge >= 0.3 is 25.7 Å². The van der Waals surface area contributed by atoms with Gasteiger partial charge in [-0.3, -0.25) is 23.4 Å². The molecule has 3 unspecified atom stereocenters. The van der Waals surface area contributed by atoms with Gasteiger partial charge in [-0.2, -0.15) is 0 Å². The molecule has 2 N–H and O–H groups in total. The molecule has 0 bridgehead atoms. The molecule has 0 saturated carbocycles. The second-order valence-corrected chi connectivity index (χ2v) is 20.8. The van der Waals surface area contributed by atoms with Gasteiger partial charge in [0.2, 0.25) is 0 Å². The quantitative estimate of drug-likeness (QED) is 0.0197. The zero-order valence-corrected chi connectivity index (χ0v) is 48.8. The lowest BCUT2D eigenvalue weighted by Crippen LogP contribution is -2.30. The van der Waals surface area contributed by atoms with Gasteiger partial charge in [0, 0.05) is 19.3 Å². The van der Waals surface area contributed by atoms with Gasteiger partial charge in [-0.05, 0) is 122 Å². The summed E-state index contributed by atoms with van der Waals surface area (Å²) >= 11 is 0. The Balaban J connectivity index is 4.80. The Morgan fingerprint density at radius 2 is 0.684 bits per heavy atom. The number of phosphoric ester groups is 1. The molecule has 0 aliphatic carbocycles. The van der Waals surface area contributed by atoms with Crippen molar-refractivity contribution in [2.75, 3.05) is 26.4 Å². The summed E-state index contributed by atoms with van der Waals surface area (Å²) in [6.45, 7) is 4.34. The highest BCUT2D eigenvalue weighted by atomic mass is 31.2. The monoisotopic (exact) mass is 1080 g/mol. The molecule has 12 heteroatoms. The molecule has 0 rings (SSSR count). The molecule has 0 aromatic heterocycles. The fraction of sp³-hybridized carbons (Fsp3) is 0.672. The summed E-state index contributed by atoms with van der Waals surface area (Å²) in [5.41, 5.74) is 0. The van der Waals surface area contributed by atoms with E-state index < -0.39 is 57.8 Å². The Morgan fingerprint density at radius 3 is 1.09 bits per heavy atom. The standard InChI is InChI=1S/C64H107O11P/c1-4-7-10-13-16-19-22-25-28-29-30-31-34-35-38-41-44-47-50-53-62(66)71-57-61(75-64(68)55-52-49-46-43-40-37-33-27-24-21-18-15-12-9-6-3)59-73-76(69,70)72-58-60(56-65)74-63(67)54-51-48-45-42-39-36-32-26-23-20-17-14-11-8-5-2/h7,9-10,12,16,18-19,21,25-28,30-33,40,43,60-61,65H,4-6,8,11,13-15,17,20,22-24,29,34-39,41-42,44-59H2,1-3H3,(H,69,70)/b10-7-,12-9-,19-16-,21-18-,28-25-,31-30-,32-26-,33-27-,43-40-. The number of carbonyl (C=O) groups excluding carboxylic acids is 3. The lowest BCUT2D eigenvalue weighted by Gasteiger charge is -2.21. The number of hydrogen-bond donors (Lipinski definition) is 2. The van der Waals surface area contributed by atoms with Gasteiger partial charge < -0.3 is 24.2 Å². The van der Waals surface area contributed by atoms with Crippen molar-refractivity contribution >= 4 is 25.7 Å². The number of aliphatic hydroxyl groups is 1. The Kier molecular flexibility index (Phi) is 54.4. The van der Waals surface area contributed by atoms with E-state index in [4.69, 9.17) is 23.3 Å². The SMILES string of the molecule is CC/C=C\C/C=C\C/C=C\C/C=C\CCCCCCCCC(=O)OCC(COP(=O)(O)OCC(CO)OC(=O)CCCCCCC/C=C\CCCCCCCC)OC(=O)CCCC/C=C\C/C=C\C/C=C\C/C=C\CC. The maximum Gasteiger partial charge on any atom is 0.472 e. The Bertz CT molecular complexity index is 1690. The summed E-state index contributed by atoms with van der Waals surface area (Å²) in [4.78, 5) is 48.6. The van der Waals surface area contributed by atoms with E-state index in [1.54, 1.807) is 0 Å². The van der Waals surface area contributed by atoms with Gasteiger partial charge in [0.05, 0.1) is 19.8 Å². The molecule has 434 valence electrons. The minimum atomic E-state index is -4.77.